The molecule has 0 fully saturated rings. The fourth-order valence-corrected chi connectivity index (χ4v) is 1.58. The van der Waals surface area contributed by atoms with Crippen molar-refractivity contribution in [3.05, 3.63) is 59.9 Å². The topological polar surface area (TPSA) is 57.0 Å². The average molecular weight is 237 g/mol. The van der Waals surface area contributed by atoms with Crippen molar-refractivity contribution in [3.63, 3.8) is 0 Å². The number of anilines is 1. The summed E-state index contributed by atoms with van der Waals surface area (Å²) in [6.45, 7) is 0. The van der Waals surface area contributed by atoms with E-state index in [1.165, 1.54) is 23.4 Å². The molecule has 0 radical (unpaired) electrons. The van der Waals surface area contributed by atoms with Crippen LogP contribution < -0.4 is 4.90 Å². The van der Waals surface area contributed by atoms with Crippen molar-refractivity contribution in [1.82, 2.24) is 4.98 Å². The molecule has 18 heavy (non-hydrogen) atoms. The van der Waals surface area contributed by atoms with Crippen LogP contribution in [0.5, 0.6) is 0 Å². The Bertz CT molecular complexity index is 602. The fourth-order valence-electron chi connectivity index (χ4n) is 1.58. The Hall–Kier alpha value is -2.67. The van der Waals surface area contributed by atoms with Crippen LogP contribution in [0.15, 0.2) is 48.8 Å². The van der Waals surface area contributed by atoms with Crippen molar-refractivity contribution >= 4 is 11.6 Å². The quantitative estimate of drug-likeness (QED) is 0.804. The first kappa shape index (κ1) is 11.8. The number of carbonyl (C=O) groups excluding carboxylic acids is 1. The minimum absolute atomic E-state index is 0.189. The number of nitriles is 1. The summed E-state index contributed by atoms with van der Waals surface area (Å²) in [5.74, 6) is -0.189. The monoisotopic (exact) mass is 237 g/mol. The molecule has 0 aliphatic carbocycles. The van der Waals surface area contributed by atoms with Gasteiger partial charge in [0.1, 0.15) is 6.07 Å². The maximum absolute atomic E-state index is 12.2. The van der Waals surface area contributed by atoms with Gasteiger partial charge in [0, 0.05) is 25.1 Å². The summed E-state index contributed by atoms with van der Waals surface area (Å²) in [5.41, 5.74) is 1.58. The summed E-state index contributed by atoms with van der Waals surface area (Å²) in [6.07, 6.45) is 2.89. The first-order chi connectivity index (χ1) is 8.72. The van der Waals surface area contributed by atoms with Crippen molar-refractivity contribution in [1.29, 1.82) is 5.26 Å². The molecular formula is C14H11N3O. The molecule has 0 aliphatic rings. The molecule has 2 rings (SSSR count). The second-order valence-electron chi connectivity index (χ2n) is 3.77. The predicted molar refractivity (Wildman–Crippen MR) is 68.1 cm³/mol. The van der Waals surface area contributed by atoms with Gasteiger partial charge in [-0.3, -0.25) is 9.78 Å². The van der Waals surface area contributed by atoms with E-state index in [4.69, 9.17) is 5.26 Å². The van der Waals surface area contributed by atoms with Crippen LogP contribution >= 0.6 is 0 Å². The Morgan fingerprint density at radius 2 is 2.00 bits per heavy atom. The SMILES string of the molecule is CN(C(=O)c1cncc(C#N)c1)c1ccccc1. The van der Waals surface area contributed by atoms with E-state index in [1.807, 2.05) is 36.4 Å². The standard InChI is InChI=1S/C14H11N3O/c1-17(13-5-3-2-4-6-13)14(18)12-7-11(8-15)9-16-10-12/h2-7,9-10H,1H3. The summed E-state index contributed by atoms with van der Waals surface area (Å²) < 4.78 is 0. The molecule has 1 aromatic carbocycles. The van der Waals surface area contributed by atoms with Gasteiger partial charge in [-0.15, -0.1) is 0 Å². The Balaban J connectivity index is 2.29. The van der Waals surface area contributed by atoms with Crippen LogP contribution in [0.1, 0.15) is 15.9 Å². The van der Waals surface area contributed by atoms with Crippen molar-refractivity contribution in [2.75, 3.05) is 11.9 Å². The molecule has 0 aliphatic heterocycles. The normalized spacial score (nSPS) is 9.56. The molecule has 0 atom stereocenters. The number of carbonyl (C=O) groups is 1. The third-order valence-electron chi connectivity index (χ3n) is 2.56. The van der Waals surface area contributed by atoms with E-state index in [0.717, 1.165) is 5.69 Å². The van der Waals surface area contributed by atoms with E-state index in [0.29, 0.717) is 11.1 Å². The largest absolute Gasteiger partial charge is 0.311 e. The van der Waals surface area contributed by atoms with Crippen molar-refractivity contribution in [2.24, 2.45) is 0 Å². The Morgan fingerprint density at radius 1 is 1.28 bits per heavy atom. The smallest absolute Gasteiger partial charge is 0.259 e. The highest BCUT2D eigenvalue weighted by molar-refractivity contribution is 6.05. The summed E-state index contributed by atoms with van der Waals surface area (Å²) in [6, 6.07) is 12.8. The molecule has 0 saturated heterocycles. The van der Waals surface area contributed by atoms with E-state index < -0.39 is 0 Å². The molecule has 1 heterocycles. The maximum Gasteiger partial charge on any atom is 0.259 e. The van der Waals surface area contributed by atoms with Crippen LogP contribution in [0.3, 0.4) is 0 Å². The number of amides is 1. The van der Waals surface area contributed by atoms with Crippen LogP contribution in [-0.4, -0.2) is 17.9 Å². The molecule has 88 valence electrons. The maximum atomic E-state index is 12.2. The highest BCUT2D eigenvalue weighted by atomic mass is 16.2. The molecule has 0 saturated carbocycles. The van der Waals surface area contributed by atoms with Gasteiger partial charge < -0.3 is 4.90 Å². The van der Waals surface area contributed by atoms with E-state index >= 15 is 0 Å². The minimum Gasteiger partial charge on any atom is -0.311 e. The Morgan fingerprint density at radius 3 is 2.67 bits per heavy atom. The number of hydrogen-bond donors (Lipinski definition) is 0. The zero-order valence-corrected chi connectivity index (χ0v) is 9.87. The van der Waals surface area contributed by atoms with Gasteiger partial charge in [-0.25, -0.2) is 0 Å². The zero-order valence-electron chi connectivity index (χ0n) is 9.87. The molecule has 1 aromatic heterocycles. The van der Waals surface area contributed by atoms with Gasteiger partial charge in [0.05, 0.1) is 11.1 Å². The first-order valence-corrected chi connectivity index (χ1v) is 5.40. The molecule has 0 bridgehead atoms. The summed E-state index contributed by atoms with van der Waals surface area (Å²) in [4.78, 5) is 17.6. The molecule has 4 heteroatoms. The van der Waals surface area contributed by atoms with Crippen molar-refractivity contribution in [3.8, 4) is 6.07 Å². The highest BCUT2D eigenvalue weighted by Crippen LogP contribution is 2.14. The Labute approximate surface area is 105 Å². The lowest BCUT2D eigenvalue weighted by molar-refractivity contribution is 0.0992. The van der Waals surface area contributed by atoms with E-state index in [-0.39, 0.29) is 5.91 Å². The van der Waals surface area contributed by atoms with E-state index in [2.05, 4.69) is 4.98 Å². The number of nitrogens with zero attached hydrogens (tertiary/aromatic N) is 3. The number of hydrogen-bond acceptors (Lipinski definition) is 3. The zero-order chi connectivity index (χ0) is 13.0. The lowest BCUT2D eigenvalue weighted by Gasteiger charge is -2.17. The number of benzene rings is 1. The van der Waals surface area contributed by atoms with Gasteiger partial charge in [0.25, 0.3) is 5.91 Å². The van der Waals surface area contributed by atoms with Crippen LogP contribution in [0, 0.1) is 11.3 Å². The number of pyridine rings is 1. The predicted octanol–water partition coefficient (Wildman–Crippen LogP) is 2.23. The molecule has 2 aromatic rings. The third-order valence-corrected chi connectivity index (χ3v) is 2.56. The van der Waals surface area contributed by atoms with Crippen LogP contribution in [0.4, 0.5) is 5.69 Å². The van der Waals surface area contributed by atoms with E-state index in [1.54, 1.807) is 7.05 Å². The van der Waals surface area contributed by atoms with Gasteiger partial charge in [-0.1, -0.05) is 18.2 Å². The lowest BCUT2D eigenvalue weighted by atomic mass is 10.2. The summed E-state index contributed by atoms with van der Waals surface area (Å²) in [5, 5.41) is 8.78. The number of rotatable bonds is 2. The van der Waals surface area contributed by atoms with Gasteiger partial charge in [0.2, 0.25) is 0 Å². The molecule has 0 spiro atoms. The summed E-state index contributed by atoms with van der Waals surface area (Å²) in [7, 11) is 1.69. The molecular weight excluding hydrogens is 226 g/mol. The molecule has 1 amide bonds. The lowest BCUT2D eigenvalue weighted by Crippen LogP contribution is -2.26. The van der Waals surface area contributed by atoms with Crippen LogP contribution in [0.2, 0.25) is 0 Å². The molecule has 0 N–H and O–H groups in total. The third kappa shape index (κ3) is 2.36. The molecule has 0 unspecified atom stereocenters. The number of aromatic nitrogens is 1. The molecule has 4 nitrogen and oxygen atoms in total. The van der Waals surface area contributed by atoms with Crippen molar-refractivity contribution in [2.45, 2.75) is 0 Å². The van der Waals surface area contributed by atoms with Crippen LogP contribution in [-0.2, 0) is 0 Å². The fraction of sp³-hybridized carbons (Fsp3) is 0.0714. The second kappa shape index (κ2) is 5.11. The summed E-state index contributed by atoms with van der Waals surface area (Å²) >= 11 is 0. The van der Waals surface area contributed by atoms with Crippen LogP contribution in [0.25, 0.3) is 0 Å². The van der Waals surface area contributed by atoms with E-state index in [9.17, 15) is 4.79 Å². The van der Waals surface area contributed by atoms with Gasteiger partial charge in [-0.05, 0) is 18.2 Å². The van der Waals surface area contributed by atoms with Gasteiger partial charge >= 0.3 is 0 Å². The second-order valence-corrected chi connectivity index (χ2v) is 3.77. The highest BCUT2D eigenvalue weighted by Gasteiger charge is 2.13. The Kier molecular flexibility index (Phi) is 3.35. The average Bonchev–Trinajstić information content (AvgIpc) is 2.46. The first-order valence-electron chi connectivity index (χ1n) is 5.40. The van der Waals surface area contributed by atoms with Gasteiger partial charge in [0.15, 0.2) is 0 Å². The van der Waals surface area contributed by atoms with Crippen molar-refractivity contribution < 1.29 is 4.79 Å². The minimum atomic E-state index is -0.189. The van der Waals surface area contributed by atoms with Gasteiger partial charge in [-0.2, -0.15) is 5.26 Å². The number of para-hydroxylation sites is 1.